The van der Waals surface area contributed by atoms with Crippen LogP contribution in [0.2, 0.25) is 0 Å². The van der Waals surface area contributed by atoms with Crippen LogP contribution < -0.4 is 5.73 Å². The molecule has 3 aliphatic heterocycles. The number of nitriles is 1. The second-order valence-corrected chi connectivity index (χ2v) is 7.52. The fraction of sp³-hybridized carbons (Fsp3) is 0.208. The van der Waals surface area contributed by atoms with Crippen LogP contribution in [0.15, 0.2) is 77.1 Å². The van der Waals surface area contributed by atoms with Gasteiger partial charge in [-0.15, -0.1) is 0 Å². The number of amidine groups is 1. The number of nitrogens with zero attached hydrogens (tertiary/aromatic N) is 3. The molecule has 0 saturated carbocycles. The Morgan fingerprint density at radius 3 is 2.23 bits per heavy atom. The Morgan fingerprint density at radius 2 is 1.61 bits per heavy atom. The molecule has 1 saturated heterocycles. The standard InChI is InChI=1S/C24H21N5O2/c25-15-18-21(26)28-23(29-11-13-30-14-12-29)24(18)19(16-7-3-1-4-8-16)20(31-22(24)27)17-9-5-2-6-10-17/h1-10,27H,11-14,26H2. The van der Waals surface area contributed by atoms with Crippen LogP contribution in [-0.2, 0) is 9.47 Å². The summed E-state index contributed by atoms with van der Waals surface area (Å²) in [6.07, 6.45) is 0. The molecule has 1 atom stereocenters. The first kappa shape index (κ1) is 19.1. The van der Waals surface area contributed by atoms with Gasteiger partial charge in [0.1, 0.15) is 23.5 Å². The van der Waals surface area contributed by atoms with Crippen LogP contribution in [0.25, 0.3) is 11.3 Å². The van der Waals surface area contributed by atoms with Crippen molar-refractivity contribution in [3.63, 3.8) is 0 Å². The third-order valence-corrected chi connectivity index (χ3v) is 5.86. The number of nitrogens with one attached hydrogen (secondary N) is 1. The summed E-state index contributed by atoms with van der Waals surface area (Å²) < 4.78 is 11.7. The van der Waals surface area contributed by atoms with E-state index in [0.717, 1.165) is 11.1 Å². The van der Waals surface area contributed by atoms with Crippen molar-refractivity contribution < 1.29 is 9.47 Å². The molecule has 0 amide bonds. The van der Waals surface area contributed by atoms with E-state index in [1.54, 1.807) is 0 Å². The second kappa shape index (κ2) is 7.42. The van der Waals surface area contributed by atoms with Crippen LogP contribution in [-0.4, -0.2) is 42.9 Å². The molecule has 0 aromatic heterocycles. The SMILES string of the molecule is N#CC1=C(N)N=C(N2CCOCC2)C12C(=N)OC(c1ccccc1)=C2c1ccccc1. The highest BCUT2D eigenvalue weighted by Gasteiger charge is 2.61. The van der Waals surface area contributed by atoms with Crippen molar-refractivity contribution in [3.8, 4) is 6.07 Å². The lowest BCUT2D eigenvalue weighted by Gasteiger charge is -2.37. The molecule has 0 aliphatic carbocycles. The van der Waals surface area contributed by atoms with Crippen molar-refractivity contribution in [2.45, 2.75) is 0 Å². The molecule has 2 aromatic rings. The third-order valence-electron chi connectivity index (χ3n) is 5.86. The average molecular weight is 411 g/mol. The maximum absolute atomic E-state index is 10.1. The second-order valence-electron chi connectivity index (χ2n) is 7.52. The van der Waals surface area contributed by atoms with Gasteiger partial charge in [-0.3, -0.25) is 5.41 Å². The van der Waals surface area contributed by atoms with E-state index >= 15 is 0 Å². The Kier molecular flexibility index (Phi) is 4.57. The van der Waals surface area contributed by atoms with E-state index in [1.807, 2.05) is 60.7 Å². The highest BCUT2D eigenvalue weighted by Crippen LogP contribution is 2.56. The molecule has 7 nitrogen and oxygen atoms in total. The highest BCUT2D eigenvalue weighted by atomic mass is 16.5. The number of rotatable bonds is 2. The van der Waals surface area contributed by atoms with Gasteiger partial charge in [-0.2, -0.15) is 5.26 Å². The highest BCUT2D eigenvalue weighted by molar-refractivity contribution is 6.29. The van der Waals surface area contributed by atoms with Crippen LogP contribution in [0.3, 0.4) is 0 Å². The lowest BCUT2D eigenvalue weighted by Crippen LogP contribution is -2.50. The number of morpholine rings is 1. The van der Waals surface area contributed by atoms with E-state index in [4.69, 9.17) is 20.6 Å². The summed E-state index contributed by atoms with van der Waals surface area (Å²) in [7, 11) is 0. The molecule has 7 heteroatoms. The average Bonchev–Trinajstić information content (AvgIpc) is 3.29. The molecular formula is C24H21N5O2. The number of nitrogens with two attached hydrogens (primary N) is 1. The van der Waals surface area contributed by atoms with Crippen LogP contribution in [0.5, 0.6) is 0 Å². The van der Waals surface area contributed by atoms with Crippen LogP contribution >= 0.6 is 0 Å². The Bertz CT molecular complexity index is 1170. The fourth-order valence-electron chi connectivity index (χ4n) is 4.49. The van der Waals surface area contributed by atoms with Crippen molar-refractivity contribution in [1.29, 1.82) is 10.7 Å². The third kappa shape index (κ3) is 2.76. The smallest absolute Gasteiger partial charge is 0.211 e. The molecular weight excluding hydrogens is 390 g/mol. The van der Waals surface area contributed by atoms with Gasteiger partial charge in [-0.25, -0.2) is 4.99 Å². The van der Waals surface area contributed by atoms with E-state index in [0.29, 0.717) is 43.5 Å². The van der Waals surface area contributed by atoms with E-state index in [-0.39, 0.29) is 17.3 Å². The van der Waals surface area contributed by atoms with E-state index in [2.05, 4.69) is 16.0 Å². The van der Waals surface area contributed by atoms with Crippen LogP contribution in [0.4, 0.5) is 0 Å². The predicted octanol–water partition coefficient (Wildman–Crippen LogP) is 2.99. The first-order chi connectivity index (χ1) is 15.2. The molecule has 1 unspecified atom stereocenters. The normalized spacial score (nSPS) is 23.3. The molecule has 3 N–H and O–H groups in total. The summed E-state index contributed by atoms with van der Waals surface area (Å²) in [4.78, 5) is 6.67. The quantitative estimate of drug-likeness (QED) is 0.790. The zero-order valence-electron chi connectivity index (χ0n) is 16.8. The maximum Gasteiger partial charge on any atom is 0.211 e. The van der Waals surface area contributed by atoms with Gasteiger partial charge in [0, 0.05) is 24.2 Å². The van der Waals surface area contributed by atoms with Crippen molar-refractivity contribution in [2.24, 2.45) is 16.1 Å². The molecule has 154 valence electrons. The van der Waals surface area contributed by atoms with Crippen molar-refractivity contribution in [2.75, 3.05) is 26.3 Å². The predicted molar refractivity (Wildman–Crippen MR) is 118 cm³/mol. The minimum absolute atomic E-state index is 0.0625. The number of aliphatic imine (C=N–C) groups is 1. The van der Waals surface area contributed by atoms with E-state index in [9.17, 15) is 5.26 Å². The van der Waals surface area contributed by atoms with Gasteiger partial charge in [0.05, 0.1) is 18.8 Å². The van der Waals surface area contributed by atoms with E-state index in [1.165, 1.54) is 0 Å². The molecule has 0 radical (unpaired) electrons. The minimum Gasteiger partial charge on any atom is -0.441 e. The zero-order chi connectivity index (χ0) is 21.4. The summed E-state index contributed by atoms with van der Waals surface area (Å²) in [6, 6.07) is 21.6. The molecule has 2 aromatic carbocycles. The molecule has 31 heavy (non-hydrogen) atoms. The number of hydrogen-bond donors (Lipinski definition) is 2. The maximum atomic E-state index is 10.1. The Hall–Kier alpha value is -3.89. The minimum atomic E-state index is -1.29. The Balaban J connectivity index is 1.82. The lowest BCUT2D eigenvalue weighted by atomic mass is 9.71. The fourth-order valence-corrected chi connectivity index (χ4v) is 4.49. The number of benzene rings is 2. The molecule has 1 spiro atoms. The topological polar surface area (TPSA) is 108 Å². The Labute approximate surface area is 180 Å². The van der Waals surface area contributed by atoms with Gasteiger partial charge < -0.3 is 20.1 Å². The monoisotopic (exact) mass is 411 g/mol. The molecule has 3 aliphatic rings. The molecule has 5 rings (SSSR count). The van der Waals surface area contributed by atoms with Gasteiger partial charge in [-0.1, -0.05) is 60.7 Å². The first-order valence-corrected chi connectivity index (χ1v) is 10.1. The molecule has 0 bridgehead atoms. The summed E-state index contributed by atoms with van der Waals surface area (Å²) in [6.45, 7) is 2.28. The van der Waals surface area contributed by atoms with Gasteiger partial charge in [0.15, 0.2) is 5.41 Å². The molecule has 1 fully saturated rings. The van der Waals surface area contributed by atoms with E-state index < -0.39 is 5.41 Å². The number of ether oxygens (including phenoxy) is 2. The van der Waals surface area contributed by atoms with Gasteiger partial charge in [0.2, 0.25) is 5.90 Å². The zero-order valence-corrected chi connectivity index (χ0v) is 16.8. The van der Waals surface area contributed by atoms with Crippen molar-refractivity contribution in [1.82, 2.24) is 4.90 Å². The van der Waals surface area contributed by atoms with Crippen molar-refractivity contribution >= 4 is 23.1 Å². The van der Waals surface area contributed by atoms with Crippen LogP contribution in [0, 0.1) is 22.2 Å². The summed E-state index contributed by atoms with van der Waals surface area (Å²) >= 11 is 0. The molecule has 3 heterocycles. The lowest BCUT2D eigenvalue weighted by molar-refractivity contribution is 0.0663. The summed E-state index contributed by atoms with van der Waals surface area (Å²) in [5, 5.41) is 19.1. The van der Waals surface area contributed by atoms with Gasteiger partial charge in [0.25, 0.3) is 0 Å². The van der Waals surface area contributed by atoms with Crippen LogP contribution in [0.1, 0.15) is 11.1 Å². The van der Waals surface area contributed by atoms with Gasteiger partial charge >= 0.3 is 0 Å². The van der Waals surface area contributed by atoms with Crippen molar-refractivity contribution in [3.05, 3.63) is 83.2 Å². The van der Waals surface area contributed by atoms with Gasteiger partial charge in [-0.05, 0) is 5.56 Å². The Morgan fingerprint density at radius 1 is 1.00 bits per heavy atom. The summed E-state index contributed by atoms with van der Waals surface area (Å²) in [5.41, 5.74) is 7.60. The largest absolute Gasteiger partial charge is 0.441 e. The summed E-state index contributed by atoms with van der Waals surface area (Å²) in [5.74, 6) is 1.16. The first-order valence-electron chi connectivity index (χ1n) is 10.1. The number of hydrogen-bond acceptors (Lipinski definition) is 7.